The number of hydrogen-bond donors (Lipinski definition) is 1. The van der Waals surface area contributed by atoms with Gasteiger partial charge in [0.2, 0.25) is 0 Å². The third kappa shape index (κ3) is 1.38. The standard InChI is InChI=1S/C8H12N2S/c9-7-5-10-8(11-7)6-3-1-2-4-6/h5-6H,1-4,9H2. The SMILES string of the molecule is Nc1cnc(C2CCCC2)s1. The molecule has 3 heteroatoms. The average Bonchev–Trinajstić information content (AvgIpc) is 2.55. The summed E-state index contributed by atoms with van der Waals surface area (Å²) < 4.78 is 0. The Labute approximate surface area is 70.5 Å². The van der Waals surface area contributed by atoms with Crippen molar-refractivity contribution in [1.29, 1.82) is 0 Å². The Balaban J connectivity index is 2.15. The Morgan fingerprint density at radius 2 is 2.18 bits per heavy atom. The van der Waals surface area contributed by atoms with Gasteiger partial charge < -0.3 is 5.73 Å². The first-order valence-electron chi connectivity index (χ1n) is 4.07. The van der Waals surface area contributed by atoms with Crippen LogP contribution in [-0.2, 0) is 0 Å². The molecule has 11 heavy (non-hydrogen) atoms. The van der Waals surface area contributed by atoms with E-state index >= 15 is 0 Å². The third-order valence-electron chi connectivity index (χ3n) is 2.25. The van der Waals surface area contributed by atoms with E-state index in [1.807, 2.05) is 0 Å². The molecule has 0 aliphatic heterocycles. The van der Waals surface area contributed by atoms with Crippen LogP contribution in [0, 0.1) is 0 Å². The summed E-state index contributed by atoms with van der Waals surface area (Å²) in [5, 5.41) is 2.10. The van der Waals surface area contributed by atoms with Crippen LogP contribution in [0.25, 0.3) is 0 Å². The van der Waals surface area contributed by atoms with Gasteiger partial charge in [-0.1, -0.05) is 12.8 Å². The molecule has 1 heterocycles. The van der Waals surface area contributed by atoms with Gasteiger partial charge in [-0.3, -0.25) is 0 Å². The summed E-state index contributed by atoms with van der Waals surface area (Å²) in [6, 6.07) is 0. The Morgan fingerprint density at radius 3 is 2.73 bits per heavy atom. The average molecular weight is 168 g/mol. The summed E-state index contributed by atoms with van der Waals surface area (Å²) in [7, 11) is 0. The van der Waals surface area contributed by atoms with E-state index in [-0.39, 0.29) is 0 Å². The molecule has 2 nitrogen and oxygen atoms in total. The van der Waals surface area contributed by atoms with Gasteiger partial charge in [-0.25, -0.2) is 4.98 Å². The number of rotatable bonds is 1. The van der Waals surface area contributed by atoms with Crippen molar-refractivity contribution in [2.24, 2.45) is 0 Å². The van der Waals surface area contributed by atoms with Crippen molar-refractivity contribution in [3.8, 4) is 0 Å². The van der Waals surface area contributed by atoms with Crippen LogP contribution in [0.2, 0.25) is 0 Å². The van der Waals surface area contributed by atoms with Crippen molar-refractivity contribution in [2.75, 3.05) is 5.73 Å². The normalized spacial score (nSPS) is 19.3. The highest BCUT2D eigenvalue weighted by molar-refractivity contribution is 7.15. The molecular formula is C8H12N2S. The quantitative estimate of drug-likeness (QED) is 0.699. The Morgan fingerprint density at radius 1 is 1.45 bits per heavy atom. The van der Waals surface area contributed by atoms with E-state index in [0.717, 1.165) is 10.9 Å². The molecule has 0 spiro atoms. The molecule has 1 aliphatic rings. The van der Waals surface area contributed by atoms with E-state index in [0.29, 0.717) is 0 Å². The number of nitrogen functional groups attached to an aromatic ring is 1. The maximum absolute atomic E-state index is 5.60. The predicted molar refractivity (Wildman–Crippen MR) is 47.7 cm³/mol. The van der Waals surface area contributed by atoms with Gasteiger partial charge in [0.1, 0.15) is 5.00 Å². The first-order valence-corrected chi connectivity index (χ1v) is 4.89. The van der Waals surface area contributed by atoms with Gasteiger partial charge in [0.25, 0.3) is 0 Å². The van der Waals surface area contributed by atoms with E-state index < -0.39 is 0 Å². The summed E-state index contributed by atoms with van der Waals surface area (Å²) in [5.41, 5.74) is 5.60. The summed E-state index contributed by atoms with van der Waals surface area (Å²) in [6.07, 6.45) is 7.13. The Hall–Kier alpha value is -0.570. The smallest absolute Gasteiger partial charge is 0.106 e. The molecule has 0 amide bonds. The topological polar surface area (TPSA) is 38.9 Å². The van der Waals surface area contributed by atoms with Crippen LogP contribution in [0.1, 0.15) is 36.6 Å². The first kappa shape index (κ1) is 7.10. The summed E-state index contributed by atoms with van der Waals surface area (Å²) >= 11 is 1.65. The zero-order valence-electron chi connectivity index (χ0n) is 6.42. The Kier molecular flexibility index (Phi) is 1.82. The molecule has 0 saturated heterocycles. The minimum absolute atomic E-state index is 0.720. The van der Waals surface area contributed by atoms with E-state index in [1.165, 1.54) is 30.7 Å². The molecule has 1 aliphatic carbocycles. The fourth-order valence-electron chi connectivity index (χ4n) is 1.66. The van der Waals surface area contributed by atoms with E-state index in [1.54, 1.807) is 17.5 Å². The zero-order chi connectivity index (χ0) is 7.68. The molecule has 0 atom stereocenters. The van der Waals surface area contributed by atoms with Crippen LogP contribution < -0.4 is 5.73 Å². The largest absolute Gasteiger partial charge is 0.389 e. The summed E-state index contributed by atoms with van der Waals surface area (Å²) in [6.45, 7) is 0. The zero-order valence-corrected chi connectivity index (χ0v) is 7.23. The number of anilines is 1. The van der Waals surface area contributed by atoms with Gasteiger partial charge >= 0.3 is 0 Å². The number of thiazole rings is 1. The van der Waals surface area contributed by atoms with Gasteiger partial charge in [-0.2, -0.15) is 0 Å². The molecule has 1 fully saturated rings. The Bertz CT molecular complexity index is 238. The number of aromatic nitrogens is 1. The summed E-state index contributed by atoms with van der Waals surface area (Å²) in [5.74, 6) is 0.720. The van der Waals surface area contributed by atoms with Crippen molar-refractivity contribution >= 4 is 16.3 Å². The van der Waals surface area contributed by atoms with Gasteiger partial charge in [0, 0.05) is 5.92 Å². The number of hydrogen-bond acceptors (Lipinski definition) is 3. The molecule has 0 aromatic carbocycles. The molecule has 1 aromatic heterocycles. The molecule has 1 aromatic rings. The maximum atomic E-state index is 5.60. The van der Waals surface area contributed by atoms with Crippen molar-refractivity contribution in [3.63, 3.8) is 0 Å². The van der Waals surface area contributed by atoms with E-state index in [4.69, 9.17) is 5.73 Å². The summed E-state index contributed by atoms with van der Waals surface area (Å²) in [4.78, 5) is 4.29. The van der Waals surface area contributed by atoms with Gasteiger partial charge in [0.15, 0.2) is 0 Å². The van der Waals surface area contributed by atoms with Gasteiger partial charge in [-0.05, 0) is 12.8 Å². The monoisotopic (exact) mass is 168 g/mol. The van der Waals surface area contributed by atoms with Crippen molar-refractivity contribution in [1.82, 2.24) is 4.98 Å². The second-order valence-electron chi connectivity index (χ2n) is 3.08. The van der Waals surface area contributed by atoms with Crippen molar-refractivity contribution in [3.05, 3.63) is 11.2 Å². The minimum Gasteiger partial charge on any atom is -0.389 e. The first-order chi connectivity index (χ1) is 5.36. The number of nitrogens with two attached hydrogens (primary N) is 1. The molecule has 2 N–H and O–H groups in total. The highest BCUT2D eigenvalue weighted by Gasteiger charge is 2.19. The van der Waals surface area contributed by atoms with Crippen molar-refractivity contribution in [2.45, 2.75) is 31.6 Å². The predicted octanol–water partition coefficient (Wildman–Crippen LogP) is 2.38. The van der Waals surface area contributed by atoms with Crippen LogP contribution in [0.15, 0.2) is 6.20 Å². The second-order valence-corrected chi connectivity index (χ2v) is 4.18. The van der Waals surface area contributed by atoms with Crippen LogP contribution in [0.5, 0.6) is 0 Å². The maximum Gasteiger partial charge on any atom is 0.106 e. The molecule has 2 rings (SSSR count). The molecule has 0 radical (unpaired) electrons. The lowest BCUT2D eigenvalue weighted by atomic mass is 10.1. The lowest BCUT2D eigenvalue weighted by Gasteiger charge is -2.01. The fraction of sp³-hybridized carbons (Fsp3) is 0.625. The molecule has 1 saturated carbocycles. The minimum atomic E-state index is 0.720. The third-order valence-corrected chi connectivity index (χ3v) is 3.23. The van der Waals surface area contributed by atoms with Gasteiger partial charge in [0.05, 0.1) is 11.2 Å². The molecule has 0 unspecified atom stereocenters. The van der Waals surface area contributed by atoms with Crippen LogP contribution in [0.4, 0.5) is 5.00 Å². The lowest BCUT2D eigenvalue weighted by molar-refractivity contribution is 0.716. The van der Waals surface area contributed by atoms with Gasteiger partial charge in [-0.15, -0.1) is 11.3 Å². The fourth-order valence-corrected chi connectivity index (χ4v) is 2.52. The molecular weight excluding hydrogens is 156 g/mol. The van der Waals surface area contributed by atoms with Crippen LogP contribution in [0.3, 0.4) is 0 Å². The highest BCUT2D eigenvalue weighted by atomic mass is 32.1. The second kappa shape index (κ2) is 2.81. The van der Waals surface area contributed by atoms with E-state index in [2.05, 4.69) is 4.98 Å². The lowest BCUT2D eigenvalue weighted by Crippen LogP contribution is -1.88. The molecule has 0 bridgehead atoms. The van der Waals surface area contributed by atoms with E-state index in [9.17, 15) is 0 Å². The molecule has 60 valence electrons. The van der Waals surface area contributed by atoms with Crippen LogP contribution in [-0.4, -0.2) is 4.98 Å². The van der Waals surface area contributed by atoms with Crippen LogP contribution >= 0.6 is 11.3 Å². The van der Waals surface area contributed by atoms with Crippen molar-refractivity contribution < 1.29 is 0 Å². The highest BCUT2D eigenvalue weighted by Crippen LogP contribution is 2.36. The number of nitrogens with zero attached hydrogens (tertiary/aromatic N) is 1.